The maximum Gasteiger partial charge on any atom is 0.224 e. The molecule has 1 N–H and O–H groups in total. The molecule has 2 aliphatic heterocycles. The fourth-order valence-electron chi connectivity index (χ4n) is 3.84. The molecule has 3 rings (SSSR count). The molecule has 0 spiro atoms. The molecule has 0 aromatic heterocycles. The fraction of sp³-hybridized carbons (Fsp3) is 0.632. The lowest BCUT2D eigenvalue weighted by molar-refractivity contribution is -0.132. The number of aliphatic hydroxyl groups excluding tert-OH is 1. The van der Waals surface area contributed by atoms with Crippen molar-refractivity contribution < 1.29 is 9.90 Å². The number of rotatable bonds is 5. The van der Waals surface area contributed by atoms with Crippen molar-refractivity contribution in [3.63, 3.8) is 0 Å². The van der Waals surface area contributed by atoms with Gasteiger partial charge in [-0.3, -0.25) is 9.69 Å². The molecule has 5 nitrogen and oxygen atoms in total. The number of nitrogens with zero attached hydrogens (tertiary/aromatic N) is 3. The zero-order valence-corrected chi connectivity index (χ0v) is 14.7. The van der Waals surface area contributed by atoms with E-state index in [0.29, 0.717) is 19.0 Å². The smallest absolute Gasteiger partial charge is 0.224 e. The normalized spacial score (nSPS) is 21.7. The van der Waals surface area contributed by atoms with E-state index in [4.69, 9.17) is 5.11 Å². The van der Waals surface area contributed by atoms with Crippen LogP contribution in [0.25, 0.3) is 0 Å². The number of piperazine rings is 1. The van der Waals surface area contributed by atoms with Gasteiger partial charge in [-0.1, -0.05) is 18.2 Å². The first-order valence-electron chi connectivity index (χ1n) is 9.14. The average Bonchev–Trinajstić information content (AvgIpc) is 2.61. The molecule has 0 bridgehead atoms. The number of β-amino-alcohol motifs (C(OH)–C–C–N with tert-alkyl or cyclic N) is 1. The maximum absolute atomic E-state index is 12.6. The zero-order chi connectivity index (χ0) is 16.9. The van der Waals surface area contributed by atoms with Gasteiger partial charge in [-0.15, -0.1) is 0 Å². The van der Waals surface area contributed by atoms with E-state index in [2.05, 4.69) is 41.0 Å². The number of para-hydroxylation sites is 1. The Morgan fingerprint density at radius 3 is 2.67 bits per heavy atom. The molecule has 2 heterocycles. The molecule has 1 amide bonds. The van der Waals surface area contributed by atoms with Crippen molar-refractivity contribution in [2.24, 2.45) is 0 Å². The number of aryl methyl sites for hydroxylation is 1. The van der Waals surface area contributed by atoms with Crippen LogP contribution in [0.5, 0.6) is 0 Å². The van der Waals surface area contributed by atoms with Crippen LogP contribution in [0, 0.1) is 0 Å². The summed E-state index contributed by atoms with van der Waals surface area (Å²) in [6.07, 6.45) is 2.87. The molecule has 1 fully saturated rings. The zero-order valence-electron chi connectivity index (χ0n) is 14.7. The molecule has 0 saturated carbocycles. The lowest BCUT2D eigenvalue weighted by atomic mass is 9.96. The number of carbonyl (C=O) groups is 1. The summed E-state index contributed by atoms with van der Waals surface area (Å²) in [7, 11) is 0. The van der Waals surface area contributed by atoms with Crippen LogP contribution in [0.15, 0.2) is 24.3 Å². The summed E-state index contributed by atoms with van der Waals surface area (Å²) in [5.74, 6) is 0.258. The van der Waals surface area contributed by atoms with Gasteiger partial charge in [-0.25, -0.2) is 0 Å². The predicted octanol–water partition coefficient (Wildman–Crippen LogP) is 1.35. The first-order chi connectivity index (χ1) is 11.7. The minimum absolute atomic E-state index is 0.195. The molecule has 2 aliphatic rings. The van der Waals surface area contributed by atoms with Gasteiger partial charge in [0, 0.05) is 57.4 Å². The molecular weight excluding hydrogens is 302 g/mol. The first-order valence-corrected chi connectivity index (χ1v) is 9.14. The predicted molar refractivity (Wildman–Crippen MR) is 96.3 cm³/mol. The molecule has 1 aromatic carbocycles. The van der Waals surface area contributed by atoms with Crippen molar-refractivity contribution in [3.05, 3.63) is 29.8 Å². The quantitative estimate of drug-likeness (QED) is 0.885. The van der Waals surface area contributed by atoms with Crippen LogP contribution in [0.4, 0.5) is 5.69 Å². The second-order valence-corrected chi connectivity index (χ2v) is 6.91. The number of anilines is 1. The Morgan fingerprint density at radius 2 is 1.92 bits per heavy atom. The summed E-state index contributed by atoms with van der Waals surface area (Å²) in [5, 5.41) is 9.00. The van der Waals surface area contributed by atoms with Crippen LogP contribution in [-0.4, -0.2) is 72.7 Å². The van der Waals surface area contributed by atoms with E-state index in [0.717, 1.165) is 45.6 Å². The van der Waals surface area contributed by atoms with Gasteiger partial charge in [0.2, 0.25) is 5.91 Å². The highest BCUT2D eigenvalue weighted by molar-refractivity contribution is 5.77. The monoisotopic (exact) mass is 331 g/mol. The Bertz CT molecular complexity index is 555. The molecule has 5 heteroatoms. The van der Waals surface area contributed by atoms with Gasteiger partial charge in [-0.2, -0.15) is 0 Å². The summed E-state index contributed by atoms with van der Waals surface area (Å²) in [6, 6.07) is 9.07. The molecule has 24 heavy (non-hydrogen) atoms. The molecule has 1 saturated heterocycles. The largest absolute Gasteiger partial charge is 0.395 e. The van der Waals surface area contributed by atoms with E-state index in [9.17, 15) is 4.79 Å². The van der Waals surface area contributed by atoms with Gasteiger partial charge in [0.25, 0.3) is 0 Å². The van der Waals surface area contributed by atoms with Crippen molar-refractivity contribution in [1.82, 2.24) is 9.80 Å². The van der Waals surface area contributed by atoms with E-state index in [1.54, 1.807) is 0 Å². The summed E-state index contributed by atoms with van der Waals surface area (Å²) in [6.45, 7) is 7.27. The number of amides is 1. The SMILES string of the molecule is C[C@@H]1CCc2ccccc2N1CCC(=O)N1CCN(CCO)CC1. The summed E-state index contributed by atoms with van der Waals surface area (Å²) >= 11 is 0. The van der Waals surface area contributed by atoms with Crippen LogP contribution in [0.1, 0.15) is 25.3 Å². The van der Waals surface area contributed by atoms with E-state index >= 15 is 0 Å². The summed E-state index contributed by atoms with van der Waals surface area (Å²) in [4.78, 5) is 19.2. The molecule has 1 aromatic rings. The highest BCUT2D eigenvalue weighted by atomic mass is 16.3. The van der Waals surface area contributed by atoms with E-state index in [-0.39, 0.29) is 12.5 Å². The molecule has 0 aliphatic carbocycles. The van der Waals surface area contributed by atoms with Crippen molar-refractivity contribution in [2.45, 2.75) is 32.2 Å². The average molecular weight is 331 g/mol. The van der Waals surface area contributed by atoms with Crippen molar-refractivity contribution in [2.75, 3.05) is 50.8 Å². The van der Waals surface area contributed by atoms with E-state index in [1.165, 1.54) is 11.3 Å². The van der Waals surface area contributed by atoms with Gasteiger partial charge in [0.1, 0.15) is 0 Å². The van der Waals surface area contributed by atoms with Crippen molar-refractivity contribution >= 4 is 11.6 Å². The van der Waals surface area contributed by atoms with Crippen LogP contribution in [0.2, 0.25) is 0 Å². The van der Waals surface area contributed by atoms with Crippen LogP contribution >= 0.6 is 0 Å². The molecular formula is C19H29N3O2. The number of carbonyl (C=O) groups excluding carboxylic acids is 1. The van der Waals surface area contributed by atoms with E-state index < -0.39 is 0 Å². The van der Waals surface area contributed by atoms with E-state index in [1.807, 2.05) is 4.90 Å². The molecule has 0 unspecified atom stereocenters. The Balaban J connectivity index is 1.53. The summed E-state index contributed by atoms with van der Waals surface area (Å²) in [5.41, 5.74) is 2.71. The Morgan fingerprint density at radius 1 is 1.17 bits per heavy atom. The number of aliphatic hydroxyl groups is 1. The summed E-state index contributed by atoms with van der Waals surface area (Å²) < 4.78 is 0. The fourth-order valence-corrected chi connectivity index (χ4v) is 3.84. The second-order valence-electron chi connectivity index (χ2n) is 6.91. The minimum Gasteiger partial charge on any atom is -0.395 e. The first kappa shape index (κ1) is 17.2. The molecule has 132 valence electrons. The molecule has 0 radical (unpaired) electrons. The Labute approximate surface area is 144 Å². The van der Waals surface area contributed by atoms with Gasteiger partial charge >= 0.3 is 0 Å². The van der Waals surface area contributed by atoms with Gasteiger partial charge in [0.15, 0.2) is 0 Å². The molecule has 1 atom stereocenters. The highest BCUT2D eigenvalue weighted by Gasteiger charge is 2.25. The third-order valence-electron chi connectivity index (χ3n) is 5.37. The van der Waals surface area contributed by atoms with Gasteiger partial charge in [0.05, 0.1) is 6.61 Å². The number of hydrogen-bond acceptors (Lipinski definition) is 4. The third-order valence-corrected chi connectivity index (χ3v) is 5.37. The van der Waals surface area contributed by atoms with Crippen LogP contribution in [-0.2, 0) is 11.2 Å². The van der Waals surface area contributed by atoms with Gasteiger partial charge in [-0.05, 0) is 31.4 Å². The Kier molecular flexibility index (Phi) is 5.74. The third kappa shape index (κ3) is 3.90. The van der Waals surface area contributed by atoms with Crippen LogP contribution in [0.3, 0.4) is 0 Å². The number of hydrogen-bond donors (Lipinski definition) is 1. The lowest BCUT2D eigenvalue weighted by Crippen LogP contribution is -2.50. The minimum atomic E-state index is 0.195. The Hall–Kier alpha value is -1.59. The number of benzene rings is 1. The standard InChI is InChI=1S/C19H29N3O2/c1-16-6-7-17-4-2-3-5-18(17)22(16)9-8-19(24)21-12-10-20(11-13-21)14-15-23/h2-5,16,23H,6-15H2,1H3/t16-/m1/s1. The lowest BCUT2D eigenvalue weighted by Gasteiger charge is -2.38. The number of fused-ring (bicyclic) bond motifs is 1. The second kappa shape index (κ2) is 7.99. The van der Waals surface area contributed by atoms with Crippen LogP contribution < -0.4 is 4.90 Å². The topological polar surface area (TPSA) is 47.0 Å². The van der Waals surface area contributed by atoms with Crippen molar-refractivity contribution in [1.29, 1.82) is 0 Å². The van der Waals surface area contributed by atoms with Gasteiger partial charge < -0.3 is 14.9 Å². The maximum atomic E-state index is 12.6. The highest BCUT2D eigenvalue weighted by Crippen LogP contribution is 2.30. The van der Waals surface area contributed by atoms with Crippen molar-refractivity contribution in [3.8, 4) is 0 Å².